The molecule has 0 unspecified atom stereocenters. The van der Waals surface area contributed by atoms with Gasteiger partial charge < -0.3 is 10.5 Å². The van der Waals surface area contributed by atoms with Crippen molar-refractivity contribution in [3.63, 3.8) is 0 Å². The predicted molar refractivity (Wildman–Crippen MR) is 49.8 cm³/mol. The highest BCUT2D eigenvalue weighted by Gasteiger charge is 2.01. The number of ether oxygens (including phenoxy) is 1. The maximum atomic E-state index is 5.63. The molecule has 5 nitrogen and oxygen atoms in total. The van der Waals surface area contributed by atoms with Crippen LogP contribution in [0.1, 0.15) is 12.6 Å². The Kier molecular flexibility index (Phi) is 3.19. The van der Waals surface area contributed by atoms with Crippen LogP contribution < -0.4 is 10.5 Å². The molecular formula is C8H12N4O. The summed E-state index contributed by atoms with van der Waals surface area (Å²) in [5.41, 5.74) is 6.22. The van der Waals surface area contributed by atoms with E-state index in [-0.39, 0.29) is 0 Å². The van der Waals surface area contributed by atoms with Gasteiger partial charge in [-0.05, 0) is 6.92 Å². The molecule has 0 saturated carbocycles. The first-order valence-corrected chi connectivity index (χ1v) is 3.94. The Hall–Kier alpha value is -1.65. The molecule has 2 N–H and O–H groups in total. The molecule has 5 heteroatoms. The van der Waals surface area contributed by atoms with E-state index < -0.39 is 0 Å². The molecule has 0 aliphatic heterocycles. The van der Waals surface area contributed by atoms with Crippen molar-refractivity contribution >= 4 is 5.84 Å². The Morgan fingerprint density at radius 2 is 2.38 bits per heavy atom. The summed E-state index contributed by atoms with van der Waals surface area (Å²) in [6.45, 7) is 2.55. The molecule has 0 aromatic carbocycles. The standard InChI is InChI=1S/C8H12N4O/c1-3-10-8(9)6-4-7(13-2)12-5-11-6/h4-5H,3H2,1-2H3,(H2,9,10). The molecule has 0 spiro atoms. The van der Waals surface area contributed by atoms with Crippen molar-refractivity contribution in [2.75, 3.05) is 13.7 Å². The van der Waals surface area contributed by atoms with E-state index in [1.165, 1.54) is 6.33 Å². The third-order valence-electron chi connectivity index (χ3n) is 1.44. The zero-order valence-electron chi connectivity index (χ0n) is 7.69. The summed E-state index contributed by atoms with van der Waals surface area (Å²) < 4.78 is 4.92. The van der Waals surface area contributed by atoms with E-state index >= 15 is 0 Å². The van der Waals surface area contributed by atoms with Gasteiger partial charge in [-0.2, -0.15) is 0 Å². The van der Waals surface area contributed by atoms with E-state index in [1.807, 2.05) is 6.92 Å². The zero-order chi connectivity index (χ0) is 9.68. The first-order valence-electron chi connectivity index (χ1n) is 3.94. The van der Waals surface area contributed by atoms with Crippen molar-refractivity contribution in [1.29, 1.82) is 0 Å². The van der Waals surface area contributed by atoms with Crippen LogP contribution >= 0.6 is 0 Å². The number of aliphatic imine (C=N–C) groups is 1. The van der Waals surface area contributed by atoms with E-state index in [0.717, 1.165) is 0 Å². The molecule has 1 rings (SSSR count). The zero-order valence-corrected chi connectivity index (χ0v) is 7.69. The van der Waals surface area contributed by atoms with Crippen molar-refractivity contribution in [3.8, 4) is 5.88 Å². The van der Waals surface area contributed by atoms with Gasteiger partial charge in [0.2, 0.25) is 5.88 Å². The topological polar surface area (TPSA) is 73.4 Å². The second kappa shape index (κ2) is 4.39. The second-order valence-electron chi connectivity index (χ2n) is 2.31. The van der Waals surface area contributed by atoms with Gasteiger partial charge in [0.25, 0.3) is 0 Å². The number of rotatable bonds is 3. The summed E-state index contributed by atoms with van der Waals surface area (Å²) in [5, 5.41) is 0. The third kappa shape index (κ3) is 2.40. The highest BCUT2D eigenvalue weighted by atomic mass is 16.5. The number of hydrogen-bond acceptors (Lipinski definition) is 4. The fourth-order valence-corrected chi connectivity index (χ4v) is 0.843. The Bertz CT molecular complexity index is 311. The molecule has 0 aliphatic carbocycles. The number of nitrogens with two attached hydrogens (primary N) is 1. The maximum absolute atomic E-state index is 5.63. The Morgan fingerprint density at radius 1 is 1.62 bits per heavy atom. The summed E-state index contributed by atoms with van der Waals surface area (Å²) in [5.74, 6) is 0.891. The van der Waals surface area contributed by atoms with Crippen molar-refractivity contribution in [2.24, 2.45) is 10.7 Å². The predicted octanol–water partition coefficient (Wildman–Crippen LogP) is 0.210. The van der Waals surface area contributed by atoms with Gasteiger partial charge in [-0.3, -0.25) is 4.99 Å². The Morgan fingerprint density at radius 3 is 3.00 bits per heavy atom. The summed E-state index contributed by atoms with van der Waals surface area (Å²) >= 11 is 0. The van der Waals surface area contributed by atoms with Crippen LogP contribution in [0.2, 0.25) is 0 Å². The lowest BCUT2D eigenvalue weighted by Crippen LogP contribution is -2.15. The molecule has 0 atom stereocenters. The fraction of sp³-hybridized carbons (Fsp3) is 0.375. The van der Waals surface area contributed by atoms with Crippen LogP contribution in [0.5, 0.6) is 5.88 Å². The Balaban J connectivity index is 2.94. The number of methoxy groups -OCH3 is 1. The quantitative estimate of drug-likeness (QED) is 0.533. The van der Waals surface area contributed by atoms with Crippen LogP contribution in [0.4, 0.5) is 0 Å². The average Bonchev–Trinajstić information content (AvgIpc) is 2.18. The Labute approximate surface area is 76.7 Å². The lowest BCUT2D eigenvalue weighted by atomic mass is 10.4. The summed E-state index contributed by atoms with van der Waals surface area (Å²) in [7, 11) is 1.54. The molecule has 0 amide bonds. The lowest BCUT2D eigenvalue weighted by molar-refractivity contribution is 0.396. The van der Waals surface area contributed by atoms with E-state index in [1.54, 1.807) is 13.2 Å². The van der Waals surface area contributed by atoms with Gasteiger partial charge >= 0.3 is 0 Å². The minimum Gasteiger partial charge on any atom is -0.481 e. The molecule has 70 valence electrons. The number of aromatic nitrogens is 2. The van der Waals surface area contributed by atoms with Crippen LogP contribution in [-0.2, 0) is 0 Å². The van der Waals surface area contributed by atoms with E-state index in [4.69, 9.17) is 10.5 Å². The lowest BCUT2D eigenvalue weighted by Gasteiger charge is -2.01. The van der Waals surface area contributed by atoms with Crippen LogP contribution in [0.15, 0.2) is 17.4 Å². The number of amidine groups is 1. The average molecular weight is 180 g/mol. The van der Waals surface area contributed by atoms with Gasteiger partial charge in [0.15, 0.2) is 0 Å². The first-order chi connectivity index (χ1) is 6.27. The molecule has 0 aliphatic rings. The van der Waals surface area contributed by atoms with Crippen LogP contribution in [0.3, 0.4) is 0 Å². The minimum absolute atomic E-state index is 0.406. The molecule has 0 radical (unpaired) electrons. The molecule has 0 fully saturated rings. The van der Waals surface area contributed by atoms with Crippen molar-refractivity contribution in [3.05, 3.63) is 18.1 Å². The highest BCUT2D eigenvalue weighted by molar-refractivity contribution is 5.95. The largest absolute Gasteiger partial charge is 0.481 e. The van der Waals surface area contributed by atoms with E-state index in [9.17, 15) is 0 Å². The summed E-state index contributed by atoms with van der Waals surface area (Å²) in [4.78, 5) is 11.8. The van der Waals surface area contributed by atoms with Gasteiger partial charge in [-0.25, -0.2) is 9.97 Å². The fourth-order valence-electron chi connectivity index (χ4n) is 0.843. The second-order valence-corrected chi connectivity index (χ2v) is 2.31. The van der Waals surface area contributed by atoms with Crippen molar-refractivity contribution in [2.45, 2.75) is 6.92 Å². The highest BCUT2D eigenvalue weighted by Crippen LogP contribution is 2.04. The number of hydrogen-bond donors (Lipinski definition) is 1. The maximum Gasteiger partial charge on any atom is 0.216 e. The molecular weight excluding hydrogens is 168 g/mol. The summed E-state index contributed by atoms with van der Waals surface area (Å²) in [6.07, 6.45) is 1.40. The summed E-state index contributed by atoms with van der Waals surface area (Å²) in [6, 6.07) is 1.65. The monoisotopic (exact) mass is 180 g/mol. The van der Waals surface area contributed by atoms with Crippen LogP contribution in [0, 0.1) is 0 Å². The first kappa shape index (κ1) is 9.44. The number of nitrogens with zero attached hydrogens (tertiary/aromatic N) is 3. The van der Waals surface area contributed by atoms with Crippen LogP contribution in [-0.4, -0.2) is 29.5 Å². The van der Waals surface area contributed by atoms with Gasteiger partial charge in [-0.1, -0.05) is 0 Å². The van der Waals surface area contributed by atoms with E-state index in [2.05, 4.69) is 15.0 Å². The van der Waals surface area contributed by atoms with Gasteiger partial charge in [-0.15, -0.1) is 0 Å². The third-order valence-corrected chi connectivity index (χ3v) is 1.44. The molecule has 0 bridgehead atoms. The SMILES string of the molecule is CCN=C(N)c1cc(OC)ncn1. The smallest absolute Gasteiger partial charge is 0.216 e. The van der Waals surface area contributed by atoms with Crippen molar-refractivity contribution in [1.82, 2.24) is 9.97 Å². The van der Waals surface area contributed by atoms with Crippen LogP contribution in [0.25, 0.3) is 0 Å². The minimum atomic E-state index is 0.406. The molecule has 13 heavy (non-hydrogen) atoms. The normalized spacial score (nSPS) is 11.4. The molecule has 1 aromatic heterocycles. The molecule has 1 aromatic rings. The van der Waals surface area contributed by atoms with E-state index in [0.29, 0.717) is 24.0 Å². The van der Waals surface area contributed by atoms with Gasteiger partial charge in [0.05, 0.1) is 7.11 Å². The van der Waals surface area contributed by atoms with Gasteiger partial charge in [0.1, 0.15) is 17.9 Å². The molecule has 1 heterocycles. The molecule has 0 saturated heterocycles. The van der Waals surface area contributed by atoms with Crippen molar-refractivity contribution < 1.29 is 4.74 Å². The van der Waals surface area contributed by atoms with Gasteiger partial charge in [0, 0.05) is 12.6 Å².